The van der Waals surface area contributed by atoms with Gasteiger partial charge in [0.1, 0.15) is 5.82 Å². The van der Waals surface area contributed by atoms with Crippen LogP contribution in [0.2, 0.25) is 0 Å². The average Bonchev–Trinajstić information content (AvgIpc) is 2.84. The molecule has 2 rings (SSSR count). The minimum absolute atomic E-state index is 0.463. The standard InChI is InChI=1S/C14H23N3O2/c1-2-9-19-13-11(15)5-6-12(17-13)16-10-14(18)7-3-4-8-14/h5-6,18H,2-4,7-10,15H2,1H3,(H,16,17). The van der Waals surface area contributed by atoms with Gasteiger partial charge in [0.25, 0.3) is 0 Å². The lowest BCUT2D eigenvalue weighted by Gasteiger charge is -2.22. The van der Waals surface area contributed by atoms with Gasteiger partial charge in [-0.15, -0.1) is 0 Å². The van der Waals surface area contributed by atoms with Crippen molar-refractivity contribution in [3.05, 3.63) is 12.1 Å². The van der Waals surface area contributed by atoms with Gasteiger partial charge in [0, 0.05) is 6.54 Å². The Kier molecular flexibility index (Phi) is 4.47. The summed E-state index contributed by atoms with van der Waals surface area (Å²) in [6, 6.07) is 3.59. The summed E-state index contributed by atoms with van der Waals surface area (Å²) in [5, 5.41) is 13.4. The van der Waals surface area contributed by atoms with E-state index in [1.54, 1.807) is 6.07 Å². The summed E-state index contributed by atoms with van der Waals surface area (Å²) in [4.78, 5) is 4.33. The Balaban J connectivity index is 1.96. The number of hydrogen-bond acceptors (Lipinski definition) is 5. The predicted molar refractivity (Wildman–Crippen MR) is 76.3 cm³/mol. The second-order valence-corrected chi connectivity index (χ2v) is 5.22. The lowest BCUT2D eigenvalue weighted by atomic mass is 10.0. The van der Waals surface area contributed by atoms with E-state index in [0.29, 0.717) is 30.5 Å². The third-order valence-electron chi connectivity index (χ3n) is 3.47. The molecule has 0 spiro atoms. The van der Waals surface area contributed by atoms with Crippen molar-refractivity contribution in [2.45, 2.75) is 44.6 Å². The van der Waals surface area contributed by atoms with E-state index in [-0.39, 0.29) is 0 Å². The highest BCUT2D eigenvalue weighted by Gasteiger charge is 2.30. The van der Waals surface area contributed by atoms with Crippen LogP contribution in [0.1, 0.15) is 39.0 Å². The number of nitrogens with one attached hydrogen (secondary N) is 1. The van der Waals surface area contributed by atoms with Crippen LogP contribution in [0.5, 0.6) is 5.88 Å². The SMILES string of the molecule is CCCOc1nc(NCC2(O)CCCC2)ccc1N. The van der Waals surface area contributed by atoms with Crippen LogP contribution in [0, 0.1) is 0 Å². The molecule has 19 heavy (non-hydrogen) atoms. The Hall–Kier alpha value is -1.49. The molecule has 106 valence electrons. The number of nitrogen functional groups attached to an aromatic ring is 1. The highest BCUT2D eigenvalue weighted by Crippen LogP contribution is 2.30. The summed E-state index contributed by atoms with van der Waals surface area (Å²) in [6.07, 6.45) is 4.82. The fourth-order valence-electron chi connectivity index (χ4n) is 2.33. The van der Waals surface area contributed by atoms with Crippen LogP contribution >= 0.6 is 0 Å². The second-order valence-electron chi connectivity index (χ2n) is 5.22. The van der Waals surface area contributed by atoms with Crippen molar-refractivity contribution < 1.29 is 9.84 Å². The molecular formula is C14H23N3O2. The summed E-state index contributed by atoms with van der Waals surface area (Å²) in [5.74, 6) is 1.16. The maximum atomic E-state index is 10.3. The lowest BCUT2D eigenvalue weighted by Crippen LogP contribution is -2.33. The van der Waals surface area contributed by atoms with Crippen molar-refractivity contribution in [3.8, 4) is 5.88 Å². The normalized spacial score (nSPS) is 17.4. The Bertz CT molecular complexity index is 417. The van der Waals surface area contributed by atoms with Gasteiger partial charge in [0.15, 0.2) is 0 Å². The van der Waals surface area contributed by atoms with E-state index >= 15 is 0 Å². The largest absolute Gasteiger partial charge is 0.476 e. The third-order valence-corrected chi connectivity index (χ3v) is 3.47. The van der Waals surface area contributed by atoms with Crippen LogP contribution in [-0.2, 0) is 0 Å². The molecule has 1 fully saturated rings. The van der Waals surface area contributed by atoms with Gasteiger partial charge in [0.05, 0.1) is 17.9 Å². The molecule has 1 aliphatic rings. The van der Waals surface area contributed by atoms with E-state index in [2.05, 4.69) is 10.3 Å². The summed E-state index contributed by atoms with van der Waals surface area (Å²) in [7, 11) is 0. The van der Waals surface area contributed by atoms with E-state index in [4.69, 9.17) is 10.5 Å². The molecule has 1 saturated carbocycles. The number of nitrogens with zero attached hydrogens (tertiary/aromatic N) is 1. The van der Waals surface area contributed by atoms with E-state index in [0.717, 1.165) is 32.1 Å². The smallest absolute Gasteiger partial charge is 0.239 e. The Morgan fingerprint density at radius 2 is 2.16 bits per heavy atom. The Morgan fingerprint density at radius 3 is 2.84 bits per heavy atom. The van der Waals surface area contributed by atoms with Crippen LogP contribution in [0.15, 0.2) is 12.1 Å². The lowest BCUT2D eigenvalue weighted by molar-refractivity contribution is 0.0614. The van der Waals surface area contributed by atoms with Crippen molar-refractivity contribution in [1.29, 1.82) is 0 Å². The molecule has 0 radical (unpaired) electrons. The molecule has 1 aromatic rings. The van der Waals surface area contributed by atoms with Gasteiger partial charge in [-0.25, -0.2) is 0 Å². The number of hydrogen-bond donors (Lipinski definition) is 3. The van der Waals surface area contributed by atoms with Gasteiger partial charge >= 0.3 is 0 Å². The van der Waals surface area contributed by atoms with Crippen LogP contribution in [0.3, 0.4) is 0 Å². The first-order valence-corrected chi connectivity index (χ1v) is 6.98. The Morgan fingerprint density at radius 1 is 1.42 bits per heavy atom. The fourth-order valence-corrected chi connectivity index (χ4v) is 2.33. The highest BCUT2D eigenvalue weighted by atomic mass is 16.5. The summed E-state index contributed by atoms with van der Waals surface area (Å²) in [5.41, 5.74) is 5.76. The van der Waals surface area contributed by atoms with Crippen molar-refractivity contribution >= 4 is 11.5 Å². The number of pyridine rings is 1. The summed E-state index contributed by atoms with van der Waals surface area (Å²) in [6.45, 7) is 3.16. The molecule has 1 aromatic heterocycles. The van der Waals surface area contributed by atoms with Crippen LogP contribution in [0.4, 0.5) is 11.5 Å². The van der Waals surface area contributed by atoms with E-state index in [9.17, 15) is 5.11 Å². The zero-order chi connectivity index (χ0) is 13.7. The van der Waals surface area contributed by atoms with E-state index in [1.165, 1.54) is 0 Å². The minimum Gasteiger partial charge on any atom is -0.476 e. The molecule has 1 aliphatic carbocycles. The molecule has 0 unspecified atom stereocenters. The molecule has 0 aromatic carbocycles. The summed E-state index contributed by atoms with van der Waals surface area (Å²) < 4.78 is 5.48. The van der Waals surface area contributed by atoms with Crippen molar-refractivity contribution in [2.24, 2.45) is 0 Å². The number of aromatic nitrogens is 1. The van der Waals surface area contributed by atoms with Gasteiger partial charge in [-0.2, -0.15) is 4.98 Å². The molecule has 0 atom stereocenters. The van der Waals surface area contributed by atoms with Crippen molar-refractivity contribution in [2.75, 3.05) is 24.2 Å². The van der Waals surface area contributed by atoms with Gasteiger partial charge in [-0.05, 0) is 31.4 Å². The van der Waals surface area contributed by atoms with Crippen LogP contribution in [0.25, 0.3) is 0 Å². The molecule has 0 saturated heterocycles. The monoisotopic (exact) mass is 265 g/mol. The Labute approximate surface area is 114 Å². The maximum absolute atomic E-state index is 10.3. The molecule has 0 amide bonds. The first kappa shape index (κ1) is 13.9. The third kappa shape index (κ3) is 3.73. The number of ether oxygens (including phenoxy) is 1. The van der Waals surface area contributed by atoms with Crippen molar-refractivity contribution in [3.63, 3.8) is 0 Å². The molecule has 4 N–H and O–H groups in total. The predicted octanol–water partition coefficient (Wildman–Crippen LogP) is 2.17. The molecule has 0 bridgehead atoms. The number of aliphatic hydroxyl groups is 1. The quantitative estimate of drug-likeness (QED) is 0.734. The molecule has 5 nitrogen and oxygen atoms in total. The number of anilines is 2. The second kappa shape index (κ2) is 6.10. The average molecular weight is 265 g/mol. The van der Waals surface area contributed by atoms with Crippen LogP contribution in [-0.4, -0.2) is 28.8 Å². The fraction of sp³-hybridized carbons (Fsp3) is 0.643. The first-order valence-electron chi connectivity index (χ1n) is 6.98. The zero-order valence-corrected chi connectivity index (χ0v) is 11.5. The highest BCUT2D eigenvalue weighted by molar-refractivity contribution is 5.53. The van der Waals surface area contributed by atoms with Crippen LogP contribution < -0.4 is 15.8 Å². The van der Waals surface area contributed by atoms with Gasteiger partial charge in [-0.1, -0.05) is 19.8 Å². The molecule has 5 heteroatoms. The van der Waals surface area contributed by atoms with E-state index in [1.807, 2.05) is 13.0 Å². The maximum Gasteiger partial charge on any atom is 0.239 e. The van der Waals surface area contributed by atoms with Crippen molar-refractivity contribution in [1.82, 2.24) is 4.98 Å². The minimum atomic E-state index is -0.590. The van der Waals surface area contributed by atoms with Gasteiger partial charge in [0.2, 0.25) is 5.88 Å². The number of rotatable bonds is 6. The molecule has 0 aliphatic heterocycles. The zero-order valence-electron chi connectivity index (χ0n) is 11.5. The number of nitrogens with two attached hydrogens (primary N) is 1. The topological polar surface area (TPSA) is 80.4 Å². The first-order chi connectivity index (χ1) is 9.13. The van der Waals surface area contributed by atoms with E-state index < -0.39 is 5.60 Å². The van der Waals surface area contributed by atoms with Gasteiger partial charge in [-0.3, -0.25) is 0 Å². The molecular weight excluding hydrogens is 242 g/mol. The van der Waals surface area contributed by atoms with Gasteiger partial charge < -0.3 is 20.9 Å². The molecule has 1 heterocycles. The summed E-state index contributed by atoms with van der Waals surface area (Å²) >= 11 is 0.